The van der Waals surface area contributed by atoms with Crippen LogP contribution in [-0.2, 0) is 6.42 Å². The van der Waals surface area contributed by atoms with Gasteiger partial charge in [0.05, 0.1) is 5.60 Å². The molecule has 3 rings (SSSR count). The first-order valence-corrected chi connectivity index (χ1v) is 10.0. The fourth-order valence-electron chi connectivity index (χ4n) is 4.74. The van der Waals surface area contributed by atoms with E-state index in [0.717, 1.165) is 38.6 Å². The van der Waals surface area contributed by atoms with Gasteiger partial charge in [-0.25, -0.2) is 0 Å². The summed E-state index contributed by atoms with van der Waals surface area (Å²) in [6.07, 6.45) is 6.27. The van der Waals surface area contributed by atoms with E-state index in [2.05, 4.69) is 63.4 Å². The first-order chi connectivity index (χ1) is 11.8. The molecule has 0 unspecified atom stereocenters. The molecule has 1 saturated carbocycles. The third-order valence-corrected chi connectivity index (χ3v) is 6.79. The van der Waals surface area contributed by atoms with Crippen LogP contribution in [0, 0.1) is 17.3 Å². The number of nitrogens with zero attached hydrogens (tertiary/aromatic N) is 1. The maximum atomic E-state index is 10.8. The van der Waals surface area contributed by atoms with Crippen LogP contribution in [0.5, 0.6) is 0 Å². The molecule has 1 aromatic carbocycles. The van der Waals surface area contributed by atoms with E-state index in [4.69, 9.17) is 0 Å². The largest absolute Gasteiger partial charge is 0.390 e. The zero-order valence-electron chi connectivity index (χ0n) is 16.5. The molecule has 0 amide bonds. The second-order valence-electron chi connectivity index (χ2n) is 9.15. The topological polar surface area (TPSA) is 23.5 Å². The summed E-state index contributed by atoms with van der Waals surface area (Å²) in [6, 6.07) is 9.06. The molecule has 1 aromatic rings. The molecular weight excluding hydrogens is 306 g/mol. The van der Waals surface area contributed by atoms with E-state index < -0.39 is 5.60 Å². The Balaban J connectivity index is 1.70. The van der Waals surface area contributed by atoms with E-state index >= 15 is 0 Å². The van der Waals surface area contributed by atoms with Crippen LogP contribution in [0.4, 0.5) is 5.69 Å². The average molecular weight is 342 g/mol. The quantitative estimate of drug-likeness (QED) is 0.775. The smallest absolute Gasteiger partial charge is 0.0671 e. The lowest BCUT2D eigenvalue weighted by molar-refractivity contribution is -0.0594. The van der Waals surface area contributed by atoms with Crippen molar-refractivity contribution in [1.82, 2.24) is 0 Å². The normalized spacial score (nSPS) is 30.0. The Hall–Kier alpha value is -1.28. The number of aliphatic hydroxyl groups is 1. The van der Waals surface area contributed by atoms with Gasteiger partial charge in [-0.1, -0.05) is 46.4 Å². The highest BCUT2D eigenvalue weighted by Crippen LogP contribution is 2.54. The van der Waals surface area contributed by atoms with Crippen molar-refractivity contribution in [2.24, 2.45) is 17.3 Å². The summed E-state index contributed by atoms with van der Waals surface area (Å²) in [6.45, 7) is 14.4. The Morgan fingerprint density at radius 1 is 1.00 bits per heavy atom. The Morgan fingerprint density at radius 3 is 2.12 bits per heavy atom. The molecule has 0 bridgehead atoms. The molecule has 25 heavy (non-hydrogen) atoms. The van der Waals surface area contributed by atoms with E-state index in [-0.39, 0.29) is 5.41 Å². The van der Waals surface area contributed by atoms with E-state index in [1.54, 1.807) is 0 Å². The fourth-order valence-corrected chi connectivity index (χ4v) is 4.74. The molecule has 2 fully saturated rings. The van der Waals surface area contributed by atoms with E-state index in [0.29, 0.717) is 11.8 Å². The molecular formula is C23H35NO. The maximum absolute atomic E-state index is 10.8. The van der Waals surface area contributed by atoms with Crippen LogP contribution >= 0.6 is 0 Å². The van der Waals surface area contributed by atoms with Crippen molar-refractivity contribution in [3.8, 4) is 0 Å². The Bertz CT molecular complexity index is 605. The third kappa shape index (κ3) is 3.51. The minimum Gasteiger partial charge on any atom is -0.390 e. The number of rotatable bonds is 4. The monoisotopic (exact) mass is 341 g/mol. The van der Waals surface area contributed by atoms with Crippen LogP contribution in [0.25, 0.3) is 0 Å². The molecule has 1 heterocycles. The standard InChI is InChI=1S/C23H35NO/c1-17(2)16-20-6-8-21(9-7-20)24-15-14-22(19(24)5)10-12-23(25,13-11-22)18(3)4/h6-9,17-18,25H,5,10-16H2,1-4H3/t22-,23+. The molecule has 0 aromatic heterocycles. The molecule has 0 radical (unpaired) electrons. The summed E-state index contributed by atoms with van der Waals surface area (Å²) in [4.78, 5) is 2.42. The second-order valence-corrected chi connectivity index (χ2v) is 9.15. The maximum Gasteiger partial charge on any atom is 0.0671 e. The van der Waals surface area contributed by atoms with Gasteiger partial charge >= 0.3 is 0 Å². The molecule has 0 atom stereocenters. The Kier molecular flexibility index (Phi) is 5.03. The van der Waals surface area contributed by atoms with Gasteiger partial charge in [0.2, 0.25) is 0 Å². The predicted octanol–water partition coefficient (Wildman–Crippen LogP) is 5.56. The van der Waals surface area contributed by atoms with Crippen LogP contribution in [-0.4, -0.2) is 17.3 Å². The van der Waals surface area contributed by atoms with Gasteiger partial charge in [0.15, 0.2) is 0 Å². The summed E-state index contributed by atoms with van der Waals surface area (Å²) in [5, 5.41) is 10.8. The Morgan fingerprint density at radius 2 is 1.60 bits per heavy atom. The van der Waals surface area contributed by atoms with Gasteiger partial charge in [-0.15, -0.1) is 0 Å². The van der Waals surface area contributed by atoms with Crippen molar-refractivity contribution in [2.75, 3.05) is 11.4 Å². The summed E-state index contributed by atoms with van der Waals surface area (Å²) in [5.74, 6) is 1.03. The molecule has 138 valence electrons. The van der Waals surface area contributed by atoms with Crippen molar-refractivity contribution in [1.29, 1.82) is 0 Å². The van der Waals surface area contributed by atoms with Crippen LogP contribution < -0.4 is 4.90 Å². The highest BCUT2D eigenvalue weighted by molar-refractivity contribution is 5.56. The van der Waals surface area contributed by atoms with Crippen LogP contribution in [0.2, 0.25) is 0 Å². The highest BCUT2D eigenvalue weighted by Gasteiger charge is 2.48. The first kappa shape index (κ1) is 18.5. The molecule has 2 nitrogen and oxygen atoms in total. The zero-order chi connectivity index (χ0) is 18.2. The van der Waals surface area contributed by atoms with Gasteiger partial charge in [-0.3, -0.25) is 0 Å². The molecule has 1 aliphatic carbocycles. The van der Waals surface area contributed by atoms with E-state index in [9.17, 15) is 5.11 Å². The minimum absolute atomic E-state index is 0.206. The average Bonchev–Trinajstić information content (AvgIpc) is 2.88. The van der Waals surface area contributed by atoms with Crippen LogP contribution in [0.3, 0.4) is 0 Å². The van der Waals surface area contributed by atoms with Gasteiger partial charge in [0.1, 0.15) is 0 Å². The summed E-state index contributed by atoms with van der Waals surface area (Å²) < 4.78 is 0. The number of anilines is 1. The van der Waals surface area contributed by atoms with Gasteiger partial charge in [-0.05, 0) is 68.1 Å². The third-order valence-electron chi connectivity index (χ3n) is 6.79. The van der Waals surface area contributed by atoms with Gasteiger partial charge in [-0.2, -0.15) is 0 Å². The van der Waals surface area contributed by atoms with E-state index in [1.165, 1.54) is 23.4 Å². The number of benzene rings is 1. The van der Waals surface area contributed by atoms with E-state index in [1.807, 2.05) is 0 Å². The lowest BCUT2D eigenvalue weighted by Gasteiger charge is -2.45. The van der Waals surface area contributed by atoms with Gasteiger partial charge < -0.3 is 10.0 Å². The van der Waals surface area contributed by atoms with Crippen molar-refractivity contribution >= 4 is 5.69 Å². The Labute approximate surface area is 153 Å². The zero-order valence-corrected chi connectivity index (χ0v) is 16.5. The molecule has 2 heteroatoms. The fraction of sp³-hybridized carbons (Fsp3) is 0.652. The van der Waals surface area contributed by atoms with Gasteiger partial charge in [0, 0.05) is 23.3 Å². The minimum atomic E-state index is -0.475. The lowest BCUT2D eigenvalue weighted by Crippen LogP contribution is -2.43. The summed E-state index contributed by atoms with van der Waals surface area (Å²) in [7, 11) is 0. The van der Waals surface area contributed by atoms with Crippen molar-refractivity contribution in [3.63, 3.8) is 0 Å². The van der Waals surface area contributed by atoms with Crippen molar-refractivity contribution < 1.29 is 5.11 Å². The highest BCUT2D eigenvalue weighted by atomic mass is 16.3. The summed E-state index contributed by atoms with van der Waals surface area (Å²) >= 11 is 0. The predicted molar refractivity (Wildman–Crippen MR) is 107 cm³/mol. The van der Waals surface area contributed by atoms with Crippen LogP contribution in [0.15, 0.2) is 36.5 Å². The number of hydrogen-bond donors (Lipinski definition) is 1. The number of allylic oxidation sites excluding steroid dienone is 1. The second kappa shape index (κ2) is 6.79. The summed E-state index contributed by atoms with van der Waals surface area (Å²) in [5.41, 5.74) is 3.70. The SMILES string of the molecule is C=C1N(c2ccc(CC(C)C)cc2)CC[C@]12CC[C@@](O)(C(C)C)CC2. The molecule has 1 saturated heterocycles. The van der Waals surface area contributed by atoms with Gasteiger partial charge in [0.25, 0.3) is 0 Å². The first-order valence-electron chi connectivity index (χ1n) is 10.0. The molecule has 1 spiro atoms. The molecule has 1 aliphatic heterocycles. The van der Waals surface area contributed by atoms with Crippen LogP contribution in [0.1, 0.15) is 65.4 Å². The lowest BCUT2D eigenvalue weighted by atomic mass is 9.64. The molecule has 2 aliphatic rings. The van der Waals surface area contributed by atoms with Crippen molar-refractivity contribution in [2.45, 2.75) is 71.8 Å². The molecule has 1 N–H and O–H groups in total. The number of hydrogen-bond acceptors (Lipinski definition) is 2. The van der Waals surface area contributed by atoms with Crippen molar-refractivity contribution in [3.05, 3.63) is 42.1 Å².